The zero-order valence-electron chi connectivity index (χ0n) is 23.1. The van der Waals surface area contributed by atoms with Crippen molar-refractivity contribution in [2.75, 3.05) is 0 Å². The molecule has 0 N–H and O–H groups in total. The van der Waals surface area contributed by atoms with E-state index in [1.54, 1.807) is 0 Å². The third kappa shape index (κ3) is 8.55. The predicted octanol–water partition coefficient (Wildman–Crippen LogP) is 9.12. The van der Waals surface area contributed by atoms with Crippen molar-refractivity contribution in [3.8, 4) is 22.5 Å². The summed E-state index contributed by atoms with van der Waals surface area (Å²) in [5.41, 5.74) is 9.58. The summed E-state index contributed by atoms with van der Waals surface area (Å²) in [6, 6.07) is 39.6. The summed E-state index contributed by atoms with van der Waals surface area (Å²) in [7, 11) is 0. The van der Waals surface area contributed by atoms with Crippen LogP contribution in [0.25, 0.3) is 22.5 Å². The molecular weight excluding hydrogens is 665 g/mol. The molecule has 1 aliphatic rings. The molecule has 0 unspecified atom stereocenters. The molecule has 1 radical (unpaired) electrons. The van der Waals surface area contributed by atoms with E-state index in [2.05, 4.69) is 77.6 Å². The van der Waals surface area contributed by atoms with Crippen molar-refractivity contribution < 1.29 is 20.1 Å². The summed E-state index contributed by atoms with van der Waals surface area (Å²) in [6.45, 7) is 2.18. The third-order valence-electron chi connectivity index (χ3n) is 7.49. The Hall–Kier alpha value is -3.39. The molecule has 3 aromatic carbocycles. The number of benzene rings is 3. The van der Waals surface area contributed by atoms with E-state index in [1.165, 1.54) is 60.8 Å². The number of aryl methyl sites for hydroxylation is 1. The van der Waals surface area contributed by atoms with Crippen LogP contribution in [0, 0.1) is 25.0 Å². The average Bonchev–Trinajstić information content (AvgIpc) is 3.01. The zero-order chi connectivity index (χ0) is 26.7. The van der Waals surface area contributed by atoms with Crippen molar-refractivity contribution in [3.63, 3.8) is 0 Å². The number of rotatable bonds is 6. The first-order valence-corrected chi connectivity index (χ1v) is 14.1. The number of hydrogen-bond acceptors (Lipinski definition) is 2. The van der Waals surface area contributed by atoms with Crippen molar-refractivity contribution in [2.24, 2.45) is 5.92 Å². The summed E-state index contributed by atoms with van der Waals surface area (Å²) in [5, 5.41) is 0. The first kappa shape index (κ1) is 29.6. The number of aromatic nitrogens is 2. The monoisotopic (exact) mass is 701 g/mol. The topological polar surface area (TPSA) is 25.8 Å². The molecule has 3 heteroatoms. The van der Waals surface area contributed by atoms with Gasteiger partial charge in [0.15, 0.2) is 0 Å². The van der Waals surface area contributed by atoms with Gasteiger partial charge in [-0.1, -0.05) is 86.2 Å². The maximum atomic E-state index is 4.57. The Labute approximate surface area is 253 Å². The number of hydrogen-bond donors (Lipinski definition) is 0. The SMILES string of the molecule is Cc1cnc(-c2[c-]cccc2)cc1CC1CCCCC1.[Ir].[c-]1ccc(Cc2ccccc2)cc1-c1ccccn1. The second-order valence-corrected chi connectivity index (χ2v) is 10.5. The van der Waals surface area contributed by atoms with Gasteiger partial charge in [-0.2, -0.15) is 0 Å². The number of pyridine rings is 2. The van der Waals surface area contributed by atoms with Gasteiger partial charge in [0.2, 0.25) is 0 Å². The Balaban J connectivity index is 0.000000181. The van der Waals surface area contributed by atoms with Gasteiger partial charge in [-0.25, -0.2) is 0 Å². The standard InChI is InChI=1S/C19H22N.C18H14N.Ir/c1-15-14-20-19(17-10-6-3-7-11-17)13-18(15)12-16-8-4-2-5-9-16;1-2-7-15(8-3-1)13-16-9-6-10-17(14-16)18-11-4-5-12-19-18;/h3,6-7,10,13-14,16H,2,4-5,8-9,12H2,1H3;1-9,11-12,14H,13H2;/q2*-1;. The molecule has 0 spiro atoms. The smallest absolute Gasteiger partial charge is 0.0192 e. The van der Waals surface area contributed by atoms with E-state index in [1.807, 2.05) is 60.9 Å². The van der Waals surface area contributed by atoms with Gasteiger partial charge in [0.25, 0.3) is 0 Å². The fourth-order valence-corrected chi connectivity index (χ4v) is 5.31. The molecule has 6 rings (SSSR count). The van der Waals surface area contributed by atoms with Crippen LogP contribution in [0.2, 0.25) is 0 Å². The number of nitrogens with zero attached hydrogens (tertiary/aromatic N) is 2. The first-order chi connectivity index (χ1) is 19.2. The molecule has 5 aromatic rings. The van der Waals surface area contributed by atoms with E-state index in [4.69, 9.17) is 0 Å². The van der Waals surface area contributed by atoms with Gasteiger partial charge in [-0.3, -0.25) is 0 Å². The summed E-state index contributed by atoms with van der Waals surface area (Å²) < 4.78 is 0. The Morgan fingerprint density at radius 2 is 1.48 bits per heavy atom. The molecule has 1 fully saturated rings. The van der Waals surface area contributed by atoms with Crippen LogP contribution in [0.4, 0.5) is 0 Å². The van der Waals surface area contributed by atoms with Gasteiger partial charge < -0.3 is 9.97 Å². The van der Waals surface area contributed by atoms with Gasteiger partial charge in [0, 0.05) is 32.5 Å². The molecule has 2 nitrogen and oxygen atoms in total. The second kappa shape index (κ2) is 15.4. The minimum absolute atomic E-state index is 0. The summed E-state index contributed by atoms with van der Waals surface area (Å²) in [4.78, 5) is 8.94. The molecule has 0 atom stereocenters. The minimum Gasteiger partial charge on any atom is -0.305 e. The maximum Gasteiger partial charge on any atom is 0.0192 e. The van der Waals surface area contributed by atoms with E-state index in [9.17, 15) is 0 Å². The van der Waals surface area contributed by atoms with E-state index in [-0.39, 0.29) is 20.1 Å². The van der Waals surface area contributed by atoms with Gasteiger partial charge in [-0.05, 0) is 54.3 Å². The van der Waals surface area contributed by atoms with Gasteiger partial charge in [0.1, 0.15) is 0 Å². The fraction of sp³-hybridized carbons (Fsp3) is 0.243. The molecule has 0 saturated heterocycles. The van der Waals surface area contributed by atoms with Crippen molar-refractivity contribution in [1.29, 1.82) is 0 Å². The van der Waals surface area contributed by atoms with Crippen LogP contribution < -0.4 is 0 Å². The summed E-state index contributed by atoms with van der Waals surface area (Å²) in [6.07, 6.45) is 13.0. The molecule has 40 heavy (non-hydrogen) atoms. The fourth-order valence-electron chi connectivity index (χ4n) is 5.31. The second-order valence-electron chi connectivity index (χ2n) is 10.5. The maximum absolute atomic E-state index is 4.57. The molecule has 0 aliphatic heterocycles. The largest absolute Gasteiger partial charge is 0.305 e. The molecule has 0 amide bonds. The Kier molecular flexibility index (Phi) is 11.4. The summed E-state index contributed by atoms with van der Waals surface area (Å²) in [5.74, 6) is 0.873. The van der Waals surface area contributed by atoms with E-state index >= 15 is 0 Å². The van der Waals surface area contributed by atoms with Gasteiger partial charge >= 0.3 is 0 Å². The van der Waals surface area contributed by atoms with Gasteiger partial charge in [-0.15, -0.1) is 71.3 Å². The quantitative estimate of drug-likeness (QED) is 0.165. The first-order valence-electron chi connectivity index (χ1n) is 14.1. The molecule has 2 heterocycles. The normalized spacial score (nSPS) is 13.0. The van der Waals surface area contributed by atoms with Crippen LogP contribution in [0.5, 0.6) is 0 Å². The molecule has 205 valence electrons. The van der Waals surface area contributed by atoms with Crippen LogP contribution in [0.3, 0.4) is 0 Å². The van der Waals surface area contributed by atoms with Crippen molar-refractivity contribution in [3.05, 3.63) is 144 Å². The minimum atomic E-state index is 0. The Bertz CT molecular complexity index is 1430. The zero-order valence-corrected chi connectivity index (χ0v) is 25.5. The van der Waals surface area contributed by atoms with Crippen molar-refractivity contribution in [1.82, 2.24) is 9.97 Å². The van der Waals surface area contributed by atoms with Crippen LogP contribution in [0.15, 0.2) is 109 Å². The van der Waals surface area contributed by atoms with Crippen LogP contribution in [-0.4, -0.2) is 9.97 Å². The third-order valence-corrected chi connectivity index (χ3v) is 7.49. The average molecular weight is 701 g/mol. The Morgan fingerprint density at radius 1 is 0.700 bits per heavy atom. The van der Waals surface area contributed by atoms with E-state index < -0.39 is 0 Å². The van der Waals surface area contributed by atoms with Gasteiger partial charge in [0.05, 0.1) is 0 Å². The van der Waals surface area contributed by atoms with Crippen LogP contribution >= 0.6 is 0 Å². The van der Waals surface area contributed by atoms with Crippen molar-refractivity contribution >= 4 is 0 Å². The van der Waals surface area contributed by atoms with Crippen LogP contribution in [-0.2, 0) is 32.9 Å². The van der Waals surface area contributed by atoms with E-state index in [0.29, 0.717) is 0 Å². The Morgan fingerprint density at radius 3 is 2.23 bits per heavy atom. The predicted molar refractivity (Wildman–Crippen MR) is 161 cm³/mol. The molecular formula is C37H36IrN2-2. The molecule has 0 bridgehead atoms. The molecule has 1 aliphatic carbocycles. The van der Waals surface area contributed by atoms with E-state index in [0.717, 1.165) is 34.9 Å². The van der Waals surface area contributed by atoms with Crippen LogP contribution in [0.1, 0.15) is 54.4 Å². The van der Waals surface area contributed by atoms with Crippen molar-refractivity contribution in [2.45, 2.75) is 51.9 Å². The molecule has 2 aromatic heterocycles. The molecule has 1 saturated carbocycles. The summed E-state index contributed by atoms with van der Waals surface area (Å²) >= 11 is 0.